The van der Waals surface area contributed by atoms with E-state index in [2.05, 4.69) is 19.1 Å². The average Bonchev–Trinajstić information content (AvgIpc) is 2.87. The van der Waals surface area contributed by atoms with Crippen LogP contribution in [0.1, 0.15) is 108 Å². The van der Waals surface area contributed by atoms with Gasteiger partial charge in [-0.1, -0.05) is 31.9 Å². The Morgan fingerprint density at radius 2 is 1.31 bits per heavy atom. The van der Waals surface area contributed by atoms with Gasteiger partial charge in [0.15, 0.2) is 17.5 Å². The first kappa shape index (κ1) is 27.6. The zero-order valence-corrected chi connectivity index (χ0v) is 21.5. The van der Waals surface area contributed by atoms with Gasteiger partial charge in [0.2, 0.25) is 0 Å². The summed E-state index contributed by atoms with van der Waals surface area (Å²) in [6.07, 6.45) is 13.0. The molecule has 202 valence electrons. The highest BCUT2D eigenvalue weighted by Gasteiger charge is 2.44. The zero-order valence-electron chi connectivity index (χ0n) is 21.5. The molecule has 0 aromatic heterocycles. The molecular weight excluding hydrogens is 471 g/mol. The Kier molecular flexibility index (Phi) is 9.51. The van der Waals surface area contributed by atoms with E-state index in [1.807, 2.05) is 0 Å². The number of alkyl halides is 2. The number of hydrogen-bond donors (Lipinski definition) is 0. The van der Waals surface area contributed by atoms with E-state index >= 15 is 0 Å². The Balaban J connectivity index is 1.19. The fourth-order valence-corrected chi connectivity index (χ4v) is 6.68. The predicted octanol–water partition coefficient (Wildman–Crippen LogP) is 9.71. The topological polar surface area (TPSA) is 9.23 Å². The molecule has 0 N–H and O–H groups in total. The van der Waals surface area contributed by atoms with Crippen molar-refractivity contribution in [3.05, 3.63) is 47.3 Å². The van der Waals surface area contributed by atoms with Crippen molar-refractivity contribution < 1.29 is 26.7 Å². The summed E-state index contributed by atoms with van der Waals surface area (Å²) in [6, 6.07) is 2.03. The summed E-state index contributed by atoms with van der Waals surface area (Å²) in [6.45, 7) is 2.25. The monoisotopic (exact) mass is 512 g/mol. The second-order valence-corrected chi connectivity index (χ2v) is 11.5. The molecule has 0 aliphatic heterocycles. The van der Waals surface area contributed by atoms with E-state index in [0.717, 1.165) is 30.9 Å². The van der Waals surface area contributed by atoms with Gasteiger partial charge in [-0.15, -0.1) is 0 Å². The van der Waals surface area contributed by atoms with Crippen LogP contribution in [0.15, 0.2) is 24.3 Å². The Morgan fingerprint density at radius 1 is 0.778 bits per heavy atom. The first-order chi connectivity index (χ1) is 17.2. The van der Waals surface area contributed by atoms with Gasteiger partial charge >= 0.3 is 6.11 Å². The molecule has 6 heteroatoms. The maximum Gasteiger partial charge on any atom is 0.358 e. The van der Waals surface area contributed by atoms with E-state index in [-0.39, 0.29) is 5.92 Å². The van der Waals surface area contributed by atoms with Crippen molar-refractivity contribution in [2.45, 2.75) is 115 Å². The number of halogens is 5. The Bertz CT molecular complexity index is 837. The van der Waals surface area contributed by atoms with Crippen molar-refractivity contribution in [2.24, 2.45) is 23.7 Å². The third kappa shape index (κ3) is 7.11. The maximum atomic E-state index is 15.0. The fourth-order valence-electron chi connectivity index (χ4n) is 6.68. The van der Waals surface area contributed by atoms with E-state index < -0.39 is 35.6 Å². The molecule has 3 saturated carbocycles. The second kappa shape index (κ2) is 12.4. The maximum absolute atomic E-state index is 15.0. The molecule has 0 amide bonds. The van der Waals surface area contributed by atoms with Gasteiger partial charge in [-0.25, -0.2) is 13.2 Å². The largest absolute Gasteiger partial charge is 0.358 e. The first-order valence-corrected chi connectivity index (χ1v) is 14.1. The van der Waals surface area contributed by atoms with Crippen molar-refractivity contribution in [1.82, 2.24) is 0 Å². The van der Waals surface area contributed by atoms with Gasteiger partial charge < -0.3 is 4.74 Å². The summed E-state index contributed by atoms with van der Waals surface area (Å²) < 4.78 is 75.7. The van der Waals surface area contributed by atoms with Crippen molar-refractivity contribution >= 4 is 0 Å². The lowest BCUT2D eigenvalue weighted by Gasteiger charge is -2.36. The highest BCUT2D eigenvalue weighted by atomic mass is 19.3. The third-order valence-corrected chi connectivity index (χ3v) is 8.97. The molecule has 0 heterocycles. The number of rotatable bonds is 8. The number of allylic oxidation sites excluding steroid dienone is 2. The number of benzene rings is 1. The lowest BCUT2D eigenvalue weighted by atomic mass is 9.78. The van der Waals surface area contributed by atoms with Crippen LogP contribution in [-0.2, 0) is 4.74 Å². The Hall–Kier alpha value is -1.43. The molecule has 0 saturated heterocycles. The van der Waals surface area contributed by atoms with Gasteiger partial charge in [-0.3, -0.25) is 0 Å². The summed E-state index contributed by atoms with van der Waals surface area (Å²) in [7, 11) is 0. The quantitative estimate of drug-likeness (QED) is 0.191. The van der Waals surface area contributed by atoms with Crippen LogP contribution in [0.25, 0.3) is 0 Å². The van der Waals surface area contributed by atoms with E-state index in [0.29, 0.717) is 55.9 Å². The number of hydrogen-bond acceptors (Lipinski definition) is 1. The van der Waals surface area contributed by atoms with Crippen LogP contribution in [0.4, 0.5) is 22.0 Å². The summed E-state index contributed by atoms with van der Waals surface area (Å²) in [5, 5.41) is 0. The molecule has 0 bridgehead atoms. The lowest BCUT2D eigenvalue weighted by molar-refractivity contribution is -0.301. The van der Waals surface area contributed by atoms with Gasteiger partial charge in [0, 0.05) is 0 Å². The number of ether oxygens (including phenoxy) is 1. The van der Waals surface area contributed by atoms with Crippen LogP contribution in [0.2, 0.25) is 0 Å². The SMILES string of the molecule is CCCC1CCC(/C=C/C2CCC(C(F)(F)OC3CCC(c4cc(F)c(F)c(F)c4)CC3)CC2)CC1. The van der Waals surface area contributed by atoms with Crippen LogP contribution in [0.3, 0.4) is 0 Å². The van der Waals surface area contributed by atoms with Crippen LogP contribution in [0, 0.1) is 41.1 Å². The Morgan fingerprint density at radius 3 is 1.83 bits per heavy atom. The van der Waals surface area contributed by atoms with E-state index in [1.54, 1.807) is 0 Å². The molecule has 1 aromatic carbocycles. The van der Waals surface area contributed by atoms with Gasteiger partial charge in [0.05, 0.1) is 12.0 Å². The minimum absolute atomic E-state index is 0.174. The van der Waals surface area contributed by atoms with Gasteiger partial charge in [-0.2, -0.15) is 8.78 Å². The zero-order chi connectivity index (χ0) is 25.7. The van der Waals surface area contributed by atoms with Crippen LogP contribution < -0.4 is 0 Å². The van der Waals surface area contributed by atoms with Crippen molar-refractivity contribution in [2.75, 3.05) is 0 Å². The Labute approximate surface area is 212 Å². The highest BCUT2D eigenvalue weighted by molar-refractivity contribution is 5.23. The van der Waals surface area contributed by atoms with Gasteiger partial charge in [-0.05, 0) is 118 Å². The molecule has 4 rings (SSSR count). The van der Waals surface area contributed by atoms with E-state index in [4.69, 9.17) is 4.74 Å². The van der Waals surface area contributed by atoms with E-state index in [1.165, 1.54) is 38.5 Å². The van der Waals surface area contributed by atoms with Crippen LogP contribution in [0.5, 0.6) is 0 Å². The molecule has 36 heavy (non-hydrogen) atoms. The molecule has 0 spiro atoms. The summed E-state index contributed by atoms with van der Waals surface area (Å²) in [5.74, 6) is -2.90. The van der Waals surface area contributed by atoms with Gasteiger partial charge in [0.1, 0.15) is 0 Å². The third-order valence-electron chi connectivity index (χ3n) is 8.97. The molecular formula is C30H41F5O. The standard InChI is InChI=1S/C30H41F5O/c1-2-3-20-4-6-21(7-5-20)8-9-22-10-14-25(15-11-22)30(34,35)36-26-16-12-23(13-17-26)24-18-27(31)29(33)28(32)19-24/h8-9,18-23,25-26H,2-7,10-17H2,1H3/b9-8+. The molecule has 1 aromatic rings. The predicted molar refractivity (Wildman–Crippen MR) is 132 cm³/mol. The van der Waals surface area contributed by atoms with Crippen molar-refractivity contribution in [3.8, 4) is 0 Å². The fraction of sp³-hybridized carbons (Fsp3) is 0.733. The molecule has 0 unspecified atom stereocenters. The molecule has 0 radical (unpaired) electrons. The van der Waals surface area contributed by atoms with Crippen LogP contribution in [-0.4, -0.2) is 12.2 Å². The lowest BCUT2D eigenvalue weighted by Crippen LogP contribution is -2.38. The normalized spacial score (nSPS) is 32.2. The summed E-state index contributed by atoms with van der Waals surface area (Å²) >= 11 is 0. The smallest absolute Gasteiger partial charge is 0.317 e. The molecule has 3 aliphatic rings. The van der Waals surface area contributed by atoms with Crippen molar-refractivity contribution in [1.29, 1.82) is 0 Å². The highest BCUT2D eigenvalue weighted by Crippen LogP contribution is 2.43. The minimum Gasteiger partial charge on any atom is -0.317 e. The van der Waals surface area contributed by atoms with Crippen LogP contribution >= 0.6 is 0 Å². The van der Waals surface area contributed by atoms with Gasteiger partial charge in [0.25, 0.3) is 0 Å². The molecule has 1 nitrogen and oxygen atoms in total. The second-order valence-electron chi connectivity index (χ2n) is 11.5. The van der Waals surface area contributed by atoms with Crippen molar-refractivity contribution in [3.63, 3.8) is 0 Å². The molecule has 0 atom stereocenters. The molecule has 3 fully saturated rings. The first-order valence-electron chi connectivity index (χ1n) is 14.1. The molecule has 3 aliphatic carbocycles. The summed E-state index contributed by atoms with van der Waals surface area (Å²) in [4.78, 5) is 0. The summed E-state index contributed by atoms with van der Waals surface area (Å²) in [5.41, 5.74) is 0.386. The average molecular weight is 513 g/mol. The minimum atomic E-state index is -3.15. The van der Waals surface area contributed by atoms with E-state index in [9.17, 15) is 22.0 Å².